The first kappa shape index (κ1) is 32.0. The third kappa shape index (κ3) is 5.74. The van der Waals surface area contributed by atoms with Gasteiger partial charge in [0, 0.05) is 27.5 Å². The predicted molar refractivity (Wildman–Crippen MR) is 198 cm³/mol. The Morgan fingerprint density at radius 1 is 0.520 bits per heavy atom. The van der Waals surface area contributed by atoms with Crippen LogP contribution in [0.2, 0.25) is 0 Å². The molecule has 7 aromatic rings. The molecule has 0 aliphatic heterocycles. The van der Waals surface area contributed by atoms with E-state index < -0.39 is 0 Å². The molecule has 0 unspecified atom stereocenters. The molecule has 5 aromatic carbocycles. The van der Waals surface area contributed by atoms with E-state index in [9.17, 15) is 15.8 Å². The molecule has 0 saturated heterocycles. The summed E-state index contributed by atoms with van der Waals surface area (Å²) in [6, 6.07) is 36.1. The van der Waals surface area contributed by atoms with Crippen LogP contribution in [-0.4, -0.2) is 19.5 Å². The second kappa shape index (κ2) is 12.1. The zero-order chi connectivity index (χ0) is 35.3. The lowest BCUT2D eigenvalue weighted by atomic mass is 9.85. The fraction of sp³-hybridized carbons (Fsp3) is 0.163. The summed E-state index contributed by atoms with van der Waals surface area (Å²) < 4.78 is 2.09. The molecular weight excluding hydrogens is 615 g/mol. The first-order valence-electron chi connectivity index (χ1n) is 16.4. The molecule has 0 aliphatic carbocycles. The molecule has 0 aliphatic rings. The summed E-state index contributed by atoms with van der Waals surface area (Å²) in [5, 5.41) is 31.2. The first-order chi connectivity index (χ1) is 23.9. The molecule has 240 valence electrons. The lowest BCUT2D eigenvalue weighted by Crippen LogP contribution is -2.11. The molecule has 0 bridgehead atoms. The Kier molecular flexibility index (Phi) is 7.75. The fourth-order valence-corrected chi connectivity index (χ4v) is 6.61. The topological polar surface area (TPSA) is 115 Å². The van der Waals surface area contributed by atoms with Crippen molar-refractivity contribution in [3.8, 4) is 58.1 Å². The molecule has 0 N–H and O–H groups in total. The average Bonchev–Trinajstić information content (AvgIpc) is 3.42. The SMILES string of the molecule is Cc1cc(C)cc(-c2nc(-c3cc(C)cc(C(C)(C)C)c3)nc(-c3cc(C#N)ccc3-n3c4ccc(C#N)cc4c4cc(C#N)ccc43)n2)c1. The van der Waals surface area contributed by atoms with Crippen LogP contribution < -0.4 is 0 Å². The normalized spacial score (nSPS) is 11.3. The number of fused-ring (bicyclic) bond motifs is 3. The number of benzene rings is 5. The van der Waals surface area contributed by atoms with Crippen LogP contribution in [0.15, 0.2) is 91.0 Å². The third-order valence-corrected chi connectivity index (χ3v) is 8.95. The maximum Gasteiger partial charge on any atom is 0.166 e. The van der Waals surface area contributed by atoms with E-state index in [0.29, 0.717) is 39.7 Å². The molecule has 0 radical (unpaired) electrons. The van der Waals surface area contributed by atoms with Gasteiger partial charge in [-0.2, -0.15) is 15.8 Å². The van der Waals surface area contributed by atoms with E-state index in [0.717, 1.165) is 55.3 Å². The lowest BCUT2D eigenvalue weighted by Gasteiger charge is -2.21. The number of hydrogen-bond donors (Lipinski definition) is 0. The van der Waals surface area contributed by atoms with Gasteiger partial charge < -0.3 is 4.57 Å². The van der Waals surface area contributed by atoms with Gasteiger partial charge in [-0.3, -0.25) is 0 Å². The van der Waals surface area contributed by atoms with Crippen molar-refractivity contribution >= 4 is 21.8 Å². The maximum absolute atomic E-state index is 10.1. The van der Waals surface area contributed by atoms with Crippen molar-refractivity contribution in [2.45, 2.75) is 47.0 Å². The Bertz CT molecular complexity index is 2560. The Labute approximate surface area is 291 Å². The Morgan fingerprint density at radius 2 is 0.980 bits per heavy atom. The van der Waals surface area contributed by atoms with Crippen molar-refractivity contribution in [1.29, 1.82) is 15.8 Å². The number of nitrogens with zero attached hydrogens (tertiary/aromatic N) is 7. The summed E-state index contributed by atoms with van der Waals surface area (Å²) in [5.74, 6) is 1.49. The smallest absolute Gasteiger partial charge is 0.166 e. The standard InChI is InChI=1S/C43H33N7/c1-25-13-26(2)15-31(14-25)40-47-41(32-16-27(3)17-33(21-32)43(4,5)6)49-42(48-40)36-20-30(24-46)9-12-39(36)50-37-10-7-28(22-44)18-34(37)35-19-29(23-45)8-11-38(35)50/h7-21H,1-6H3. The Morgan fingerprint density at radius 3 is 1.50 bits per heavy atom. The highest BCUT2D eigenvalue weighted by molar-refractivity contribution is 6.10. The van der Waals surface area contributed by atoms with Gasteiger partial charge in [-0.15, -0.1) is 0 Å². The van der Waals surface area contributed by atoms with E-state index in [1.165, 1.54) is 5.56 Å². The zero-order valence-corrected chi connectivity index (χ0v) is 28.8. The number of aryl methyl sites for hydroxylation is 3. The van der Waals surface area contributed by atoms with Crippen molar-refractivity contribution < 1.29 is 0 Å². The van der Waals surface area contributed by atoms with Gasteiger partial charge in [0.25, 0.3) is 0 Å². The van der Waals surface area contributed by atoms with E-state index in [4.69, 9.17) is 15.0 Å². The van der Waals surface area contributed by atoms with E-state index in [1.54, 1.807) is 18.2 Å². The summed E-state index contributed by atoms with van der Waals surface area (Å²) >= 11 is 0. The number of aromatic nitrogens is 4. The molecule has 0 saturated carbocycles. The summed E-state index contributed by atoms with van der Waals surface area (Å²) in [5.41, 5.74) is 10.7. The van der Waals surface area contributed by atoms with Crippen LogP contribution in [0.1, 0.15) is 59.7 Å². The highest BCUT2D eigenvalue weighted by atomic mass is 15.1. The molecule has 0 spiro atoms. The van der Waals surface area contributed by atoms with Crippen molar-refractivity contribution in [1.82, 2.24) is 19.5 Å². The minimum absolute atomic E-state index is 0.0885. The summed E-state index contributed by atoms with van der Waals surface area (Å²) in [6.07, 6.45) is 0. The minimum Gasteiger partial charge on any atom is -0.308 e. The molecule has 2 aromatic heterocycles. The van der Waals surface area contributed by atoms with Gasteiger partial charge >= 0.3 is 0 Å². The third-order valence-electron chi connectivity index (χ3n) is 8.95. The fourth-order valence-electron chi connectivity index (χ4n) is 6.61. The van der Waals surface area contributed by atoms with E-state index in [1.807, 2.05) is 36.4 Å². The average molecular weight is 648 g/mol. The van der Waals surface area contributed by atoms with Crippen LogP contribution in [0.3, 0.4) is 0 Å². The second-order valence-electron chi connectivity index (χ2n) is 13.9. The van der Waals surface area contributed by atoms with E-state index in [-0.39, 0.29) is 5.41 Å². The van der Waals surface area contributed by atoms with Gasteiger partial charge in [-0.25, -0.2) is 15.0 Å². The minimum atomic E-state index is -0.0885. The maximum atomic E-state index is 10.1. The molecule has 7 rings (SSSR count). The molecule has 2 heterocycles. The van der Waals surface area contributed by atoms with E-state index >= 15 is 0 Å². The van der Waals surface area contributed by atoms with Crippen molar-refractivity contribution in [2.24, 2.45) is 0 Å². The molecule has 0 amide bonds. The molecular formula is C43H33N7. The van der Waals surface area contributed by atoms with Crippen LogP contribution in [0.25, 0.3) is 61.7 Å². The molecule has 7 heteroatoms. The van der Waals surface area contributed by atoms with Gasteiger partial charge in [0.1, 0.15) is 0 Å². The lowest BCUT2D eigenvalue weighted by molar-refractivity contribution is 0.590. The highest BCUT2D eigenvalue weighted by Crippen LogP contribution is 2.38. The first-order valence-corrected chi connectivity index (χ1v) is 16.4. The van der Waals surface area contributed by atoms with Crippen molar-refractivity contribution in [3.63, 3.8) is 0 Å². The molecule has 50 heavy (non-hydrogen) atoms. The van der Waals surface area contributed by atoms with E-state index in [2.05, 4.69) is 101 Å². The Hall–Kier alpha value is -6.62. The van der Waals surface area contributed by atoms with Crippen molar-refractivity contribution in [2.75, 3.05) is 0 Å². The summed E-state index contributed by atoms with van der Waals surface area (Å²) in [7, 11) is 0. The van der Waals surface area contributed by atoms with Crippen LogP contribution in [0, 0.1) is 54.8 Å². The summed E-state index contributed by atoms with van der Waals surface area (Å²) in [4.78, 5) is 15.3. The van der Waals surface area contributed by atoms with Gasteiger partial charge in [0.2, 0.25) is 0 Å². The van der Waals surface area contributed by atoms with Gasteiger partial charge in [0.05, 0.1) is 51.6 Å². The van der Waals surface area contributed by atoms with Crippen LogP contribution in [0.4, 0.5) is 0 Å². The van der Waals surface area contributed by atoms with Gasteiger partial charge in [-0.1, -0.05) is 49.6 Å². The monoisotopic (exact) mass is 647 g/mol. The predicted octanol–water partition coefficient (Wildman–Crippen LogP) is 9.81. The quantitative estimate of drug-likeness (QED) is 0.188. The number of hydrogen-bond acceptors (Lipinski definition) is 6. The Balaban J connectivity index is 1.57. The largest absolute Gasteiger partial charge is 0.308 e. The summed E-state index contributed by atoms with van der Waals surface area (Å²) in [6.45, 7) is 12.8. The second-order valence-corrected chi connectivity index (χ2v) is 13.9. The highest BCUT2D eigenvalue weighted by Gasteiger charge is 2.22. The number of rotatable bonds is 4. The van der Waals surface area contributed by atoms with Crippen LogP contribution in [-0.2, 0) is 5.41 Å². The zero-order valence-electron chi connectivity index (χ0n) is 28.8. The molecule has 0 fully saturated rings. The van der Waals surface area contributed by atoms with Crippen LogP contribution >= 0.6 is 0 Å². The van der Waals surface area contributed by atoms with Crippen molar-refractivity contribution in [3.05, 3.63) is 130 Å². The molecule has 0 atom stereocenters. The van der Waals surface area contributed by atoms with Gasteiger partial charge in [0.15, 0.2) is 17.5 Å². The van der Waals surface area contributed by atoms with Crippen LogP contribution in [0.5, 0.6) is 0 Å². The molecule has 7 nitrogen and oxygen atoms in total. The van der Waals surface area contributed by atoms with Gasteiger partial charge in [-0.05, 0) is 111 Å². The number of nitriles is 3.